The van der Waals surface area contributed by atoms with Crippen LogP contribution in [0.15, 0.2) is 96.6 Å². The van der Waals surface area contributed by atoms with Crippen LogP contribution in [0.1, 0.15) is 339 Å². The number of rotatable bonds is 2. The van der Waals surface area contributed by atoms with Crippen LogP contribution < -0.4 is 29.4 Å². The second-order valence-electron chi connectivity index (χ2n) is 43.6. The molecule has 0 saturated heterocycles. The predicted molar refractivity (Wildman–Crippen MR) is 506 cm³/mol. The van der Waals surface area contributed by atoms with E-state index in [1.54, 1.807) is 24.2 Å². The van der Waals surface area contributed by atoms with Crippen LogP contribution in [-0.2, 0) is 106 Å². The lowest BCUT2D eigenvalue weighted by Gasteiger charge is -2.32. The third-order valence-corrected chi connectivity index (χ3v) is 22.4. The Hall–Kier alpha value is -8.65. The van der Waals surface area contributed by atoms with Crippen LogP contribution in [0.2, 0.25) is 0 Å². The number of anilines is 2. The van der Waals surface area contributed by atoms with Crippen molar-refractivity contribution in [2.24, 2.45) is 11.3 Å². The predicted octanol–water partition coefficient (Wildman–Crippen LogP) is 22.9. The van der Waals surface area contributed by atoms with Gasteiger partial charge in [0.2, 0.25) is 11.8 Å². The number of carbonyl (C=O) groups excluding carboxylic acids is 1. The van der Waals surface area contributed by atoms with E-state index in [-0.39, 0.29) is 62.3 Å². The highest BCUT2D eigenvalue weighted by atomic mass is 16.5. The highest BCUT2D eigenvalue weighted by Gasteiger charge is 2.35. The minimum Gasteiger partial charge on any atom is -0.491 e. The van der Waals surface area contributed by atoms with Gasteiger partial charge in [-0.25, -0.2) is 19.6 Å². The number of ether oxygens (including phenoxy) is 4. The summed E-state index contributed by atoms with van der Waals surface area (Å²) in [4.78, 5) is 45.4. The molecule has 0 bridgehead atoms. The van der Waals surface area contributed by atoms with E-state index in [9.17, 15) is 9.59 Å². The fourth-order valence-electron chi connectivity index (χ4n) is 15.7. The summed E-state index contributed by atoms with van der Waals surface area (Å²) in [5, 5.41) is 14.0. The lowest BCUT2D eigenvalue weighted by atomic mass is 9.85. The van der Waals surface area contributed by atoms with E-state index in [2.05, 4.69) is 322 Å². The van der Waals surface area contributed by atoms with Crippen molar-refractivity contribution < 1.29 is 23.7 Å². The first kappa shape index (κ1) is 100. The Balaban J connectivity index is 0.000000191. The monoisotopic (exact) mass is 1680 g/mol. The number of aryl methyl sites for hydroxylation is 6. The normalized spacial score (nSPS) is 17.0. The fraction of sp³-hybridized carbons (Fsp3) is 0.637. The number of nitrogens with zero attached hydrogens (tertiary/aromatic N) is 14. The summed E-state index contributed by atoms with van der Waals surface area (Å²) in [6.07, 6.45) is 23.8. The van der Waals surface area contributed by atoms with Gasteiger partial charge in [-0.05, 0) is 171 Å². The maximum Gasteiger partial charge on any atom is 0.228 e. The zero-order valence-corrected chi connectivity index (χ0v) is 81.2. The Morgan fingerprint density at radius 2 is 1.25 bits per heavy atom. The van der Waals surface area contributed by atoms with E-state index in [0.717, 1.165) is 142 Å². The minimum absolute atomic E-state index is 0. The van der Waals surface area contributed by atoms with Gasteiger partial charge in [0, 0.05) is 133 Å². The maximum atomic E-state index is 12.0. The summed E-state index contributed by atoms with van der Waals surface area (Å²) < 4.78 is 33.4. The molecule has 16 rings (SSSR count). The van der Waals surface area contributed by atoms with Gasteiger partial charge in [-0.1, -0.05) is 207 Å². The summed E-state index contributed by atoms with van der Waals surface area (Å²) in [5.74, 6) is 6.67. The maximum absolute atomic E-state index is 12.0. The van der Waals surface area contributed by atoms with Gasteiger partial charge in [-0.15, -0.1) is 0 Å². The number of likely N-dealkylation sites (N-methyl/N-ethyl adjacent to an activating group) is 1. The molecular weight excluding hydrogens is 1520 g/mol. The summed E-state index contributed by atoms with van der Waals surface area (Å²) in [7, 11) is 3.85. The van der Waals surface area contributed by atoms with Gasteiger partial charge >= 0.3 is 0 Å². The molecule has 122 heavy (non-hydrogen) atoms. The first-order chi connectivity index (χ1) is 56.0. The van der Waals surface area contributed by atoms with E-state index < -0.39 is 0 Å². The summed E-state index contributed by atoms with van der Waals surface area (Å²) in [6.45, 7) is 75.9. The average molecular weight is 1680 g/mol. The molecular formula is C102H160N14O6. The third-order valence-electron chi connectivity index (χ3n) is 22.4. The Bertz CT molecular complexity index is 4930. The van der Waals surface area contributed by atoms with Crippen molar-refractivity contribution in [1.29, 1.82) is 0 Å². The van der Waals surface area contributed by atoms with E-state index in [4.69, 9.17) is 18.9 Å². The van der Waals surface area contributed by atoms with Gasteiger partial charge in [-0.3, -0.25) is 28.8 Å². The second-order valence-corrected chi connectivity index (χ2v) is 43.6. The van der Waals surface area contributed by atoms with Crippen LogP contribution in [0.4, 0.5) is 11.6 Å². The van der Waals surface area contributed by atoms with Gasteiger partial charge in [0.25, 0.3) is 0 Å². The molecule has 0 radical (unpaired) electrons. The zero-order valence-electron chi connectivity index (χ0n) is 81.2. The molecule has 9 aromatic rings. The molecule has 20 nitrogen and oxygen atoms in total. The van der Waals surface area contributed by atoms with Gasteiger partial charge in [0.15, 0.2) is 17.0 Å². The average Bonchev–Trinajstić information content (AvgIpc) is 1.63. The van der Waals surface area contributed by atoms with E-state index in [0.29, 0.717) is 30.4 Å². The minimum atomic E-state index is -0.0966. The van der Waals surface area contributed by atoms with Crippen molar-refractivity contribution in [2.75, 3.05) is 50.3 Å². The second kappa shape index (κ2) is 41.0. The van der Waals surface area contributed by atoms with Crippen molar-refractivity contribution in [3.63, 3.8) is 0 Å². The van der Waals surface area contributed by atoms with Crippen LogP contribution >= 0.6 is 0 Å². The Morgan fingerprint density at radius 3 is 1.89 bits per heavy atom. The smallest absolute Gasteiger partial charge is 0.228 e. The SMILES string of the molecule is C.CC(C)(C)C.CC(C)(C)c1ccnc2c1OCCC2.CC(C)(C)c1cnn2c1CCCC2.CC1CCCc2ncc(C(C)(C)C)n21.CC1COc2ccnn2C1.CCCn1ccc(=O)c2cc(C(C)(C)C)ccc21.CN1C(=O)CCc2ccc(C(C)(C)C)nc21.CN1CCOc2cc(C(C)(C)C)cnc21.Cc1nn2c(c1C(C)(C)C)COC(C)(C)C2. The molecule has 0 aliphatic carbocycles. The van der Waals surface area contributed by atoms with Crippen molar-refractivity contribution in [1.82, 2.24) is 58.4 Å². The standard InChI is InChI=1S/C16H21NO.C13H22N2O.C13H18N2O.C12H18N2O.C12H20N2.C12H17NO.C11H18N2.C7H10N2O.C5H12.CH4/c1-5-9-17-10-8-15(18)13-11-12(16(2,3)4)6-7-14(13)17;1-9-11(12(2,3)4)10-7-16-13(5,6)8-15(10)14-9;1-13(2,3)10-7-5-9-6-8-11(16)15(4)12(9)14-10;1-12(2,3)9-7-10-11(13-8-9)14(4)5-6-15-10;1-9-6-5-7-11-13-8-10(14(9)11)12(2,3)4;1-12(2,3)9-6-7-13-10-5-4-8-14-11(9)10;1-11(2,3)9-8-12-13-7-5-4-6-10(9)13;1-6-4-9-7(10-5-6)2-3-8-9;1-5(2,3)4;/h6-8,10-11H,5,9H2,1-4H3;7-8H2,1-6H3;5,7H,6,8H2,1-4H3;7-8H,5-6H2,1-4H3;8-9H,5-7H2,1-4H3;6-7H,4-5,8H2,1-3H3;8H,4-7H2,1-3H3;2-3,6H,4-5H2,1H3;1-4H3;1H4. The van der Waals surface area contributed by atoms with Crippen molar-refractivity contribution >= 4 is 28.4 Å². The van der Waals surface area contributed by atoms with Crippen LogP contribution in [0.3, 0.4) is 0 Å². The zero-order chi connectivity index (χ0) is 89.9. The molecule has 20 heteroatoms. The number of fused-ring (bicyclic) bond motifs is 8. The molecule has 8 aromatic heterocycles. The Labute approximate surface area is 735 Å². The molecule has 0 saturated carbocycles. The van der Waals surface area contributed by atoms with Gasteiger partial charge in [0.1, 0.15) is 24.0 Å². The number of carbonyl (C=O) groups is 1. The highest BCUT2D eigenvalue weighted by Crippen LogP contribution is 2.39. The largest absolute Gasteiger partial charge is 0.491 e. The van der Waals surface area contributed by atoms with Crippen LogP contribution in [0.5, 0.6) is 17.4 Å². The molecule has 7 aliphatic rings. The highest BCUT2D eigenvalue weighted by molar-refractivity contribution is 5.94. The van der Waals surface area contributed by atoms with E-state index in [1.807, 2.05) is 42.5 Å². The number of pyridine rings is 4. The molecule has 7 aliphatic heterocycles. The molecule has 0 N–H and O–H groups in total. The fourth-order valence-corrected chi connectivity index (χ4v) is 15.7. The first-order valence-corrected chi connectivity index (χ1v) is 44.9. The molecule has 0 spiro atoms. The number of benzene rings is 1. The number of amides is 1. The van der Waals surface area contributed by atoms with Crippen LogP contribution in [0.25, 0.3) is 10.9 Å². The number of hydrogen-bond donors (Lipinski definition) is 0. The first-order valence-electron chi connectivity index (χ1n) is 44.9. The molecule has 2 unspecified atom stereocenters. The van der Waals surface area contributed by atoms with Crippen LogP contribution in [0, 0.1) is 18.3 Å². The molecule has 0 fully saturated rings. The van der Waals surface area contributed by atoms with Crippen LogP contribution in [-0.4, -0.2) is 110 Å². The van der Waals surface area contributed by atoms with E-state index in [1.165, 1.54) is 88.4 Å². The Kier molecular flexibility index (Phi) is 33.7. The molecule has 1 amide bonds. The van der Waals surface area contributed by atoms with Crippen molar-refractivity contribution in [3.8, 4) is 17.4 Å². The van der Waals surface area contributed by atoms with Gasteiger partial charge in [0.05, 0.1) is 80.0 Å². The van der Waals surface area contributed by atoms with Crippen molar-refractivity contribution in [2.45, 2.75) is 375 Å². The lowest BCUT2D eigenvalue weighted by Crippen LogP contribution is -2.36. The topological polar surface area (TPSA) is 192 Å². The number of aromatic nitrogens is 12. The molecule has 15 heterocycles. The lowest BCUT2D eigenvalue weighted by molar-refractivity contribution is -0.118. The summed E-state index contributed by atoms with van der Waals surface area (Å²) in [5.41, 5.74) is 17.6. The van der Waals surface area contributed by atoms with Crippen molar-refractivity contribution in [3.05, 3.63) is 175 Å². The Morgan fingerprint density at radius 1 is 0.574 bits per heavy atom. The third kappa shape index (κ3) is 27.7. The summed E-state index contributed by atoms with van der Waals surface area (Å²) >= 11 is 0. The quantitative estimate of drug-likeness (QED) is 0.159. The van der Waals surface area contributed by atoms with Gasteiger partial charge in [-0.2, -0.15) is 15.3 Å². The number of imidazole rings is 1. The number of hydrogen-bond acceptors (Lipinski definition) is 14. The molecule has 2 atom stereocenters. The molecule has 1 aromatic carbocycles. The van der Waals surface area contributed by atoms with E-state index >= 15 is 0 Å². The summed E-state index contributed by atoms with van der Waals surface area (Å²) in [6, 6.07) is 18.8. The van der Waals surface area contributed by atoms with Gasteiger partial charge < -0.3 is 33.0 Å². The molecule has 674 valence electrons.